The summed E-state index contributed by atoms with van der Waals surface area (Å²) in [4.78, 5) is 11.4. The topological polar surface area (TPSA) is 120 Å². The van der Waals surface area contributed by atoms with Gasteiger partial charge in [-0.1, -0.05) is 6.92 Å². The summed E-state index contributed by atoms with van der Waals surface area (Å²) in [5.41, 5.74) is 7.65. The first kappa shape index (κ1) is 22.3. The van der Waals surface area contributed by atoms with Gasteiger partial charge in [-0.3, -0.25) is 4.68 Å². The van der Waals surface area contributed by atoms with Crippen molar-refractivity contribution in [2.75, 3.05) is 37.4 Å². The zero-order valence-electron chi connectivity index (χ0n) is 19.7. The number of nitrogen functional groups attached to an aromatic ring is 1. The number of aliphatic hydroxyl groups excluding tert-OH is 1. The number of ether oxygens (including phenoxy) is 1. The molecule has 1 aromatic carbocycles. The summed E-state index contributed by atoms with van der Waals surface area (Å²) in [5, 5.41) is 19.3. The van der Waals surface area contributed by atoms with Gasteiger partial charge in [-0.05, 0) is 32.3 Å². The van der Waals surface area contributed by atoms with Crippen LogP contribution in [0, 0.1) is 11.7 Å². The molecule has 0 amide bonds. The highest BCUT2D eigenvalue weighted by molar-refractivity contribution is 5.93. The van der Waals surface area contributed by atoms with Crippen LogP contribution < -0.4 is 15.4 Å². The molecule has 0 spiro atoms. The summed E-state index contributed by atoms with van der Waals surface area (Å²) < 4.78 is 22.8. The number of aromatic nitrogens is 6. The second kappa shape index (κ2) is 8.08. The number of anilines is 2. The largest absolute Gasteiger partial charge is 0.494 e. The van der Waals surface area contributed by atoms with E-state index in [0.29, 0.717) is 34.8 Å². The van der Waals surface area contributed by atoms with E-state index in [1.165, 1.54) is 23.8 Å². The molecule has 4 aromatic rings. The monoisotopic (exact) mass is 468 g/mol. The average molecular weight is 469 g/mol. The molecule has 1 fully saturated rings. The molecule has 0 bridgehead atoms. The number of halogens is 1. The zero-order valence-corrected chi connectivity index (χ0v) is 19.7. The van der Waals surface area contributed by atoms with Crippen LogP contribution in [0.4, 0.5) is 16.0 Å². The molecule has 34 heavy (non-hydrogen) atoms. The Balaban J connectivity index is 1.51. The highest BCUT2D eigenvalue weighted by atomic mass is 19.1. The Morgan fingerprint density at radius 1 is 1.26 bits per heavy atom. The summed E-state index contributed by atoms with van der Waals surface area (Å²) in [7, 11) is 1.41. The molecule has 180 valence electrons. The molecule has 3 aromatic heterocycles. The van der Waals surface area contributed by atoms with E-state index in [4.69, 9.17) is 15.5 Å². The van der Waals surface area contributed by atoms with Gasteiger partial charge < -0.3 is 20.5 Å². The smallest absolute Gasteiger partial charge is 0.223 e. The number of fused-ring (bicyclic) bond motifs is 3. The van der Waals surface area contributed by atoms with Gasteiger partial charge in [-0.15, -0.1) is 5.10 Å². The molecule has 3 N–H and O–H groups in total. The molecule has 11 heteroatoms. The maximum atomic E-state index is 14.4. The number of benzene rings is 1. The van der Waals surface area contributed by atoms with Crippen molar-refractivity contribution >= 4 is 28.2 Å². The number of hydrogen-bond acceptors (Lipinski definition) is 8. The number of rotatable bonds is 5. The number of nitrogens with zero attached hydrogens (tertiary/aromatic N) is 7. The minimum absolute atomic E-state index is 0.00576. The average Bonchev–Trinajstić information content (AvgIpc) is 3.48. The van der Waals surface area contributed by atoms with Crippen LogP contribution in [0.1, 0.15) is 38.9 Å². The Morgan fingerprint density at radius 3 is 2.79 bits per heavy atom. The SMILES string of the molecule is COc1cc2nc(N)n3nc(C4CC(C)CN(c5cnn(C(C)(C)CO)c5)C4)nc3c2cc1F. The summed E-state index contributed by atoms with van der Waals surface area (Å²) in [6, 6.07) is 2.88. The molecule has 2 atom stereocenters. The Morgan fingerprint density at radius 2 is 2.06 bits per heavy atom. The van der Waals surface area contributed by atoms with Crippen LogP contribution >= 0.6 is 0 Å². The van der Waals surface area contributed by atoms with E-state index >= 15 is 0 Å². The molecule has 10 nitrogen and oxygen atoms in total. The summed E-state index contributed by atoms with van der Waals surface area (Å²) in [6.07, 6.45) is 4.71. The van der Waals surface area contributed by atoms with Gasteiger partial charge in [0.05, 0.1) is 36.7 Å². The van der Waals surface area contributed by atoms with E-state index in [9.17, 15) is 9.50 Å². The Kier molecular flexibility index (Phi) is 5.31. The first-order valence-electron chi connectivity index (χ1n) is 11.3. The van der Waals surface area contributed by atoms with E-state index in [1.807, 2.05) is 26.2 Å². The molecule has 1 aliphatic rings. The van der Waals surface area contributed by atoms with Gasteiger partial charge in [0, 0.05) is 36.7 Å². The maximum absolute atomic E-state index is 14.4. The van der Waals surface area contributed by atoms with Crippen LogP contribution in [0.2, 0.25) is 0 Å². The van der Waals surface area contributed by atoms with Crippen molar-refractivity contribution in [3.8, 4) is 5.75 Å². The Labute approximate surface area is 196 Å². The molecule has 0 aliphatic carbocycles. The predicted octanol–water partition coefficient (Wildman–Crippen LogP) is 2.56. The quantitative estimate of drug-likeness (QED) is 0.459. The van der Waals surface area contributed by atoms with Gasteiger partial charge in [0.25, 0.3) is 0 Å². The Bertz CT molecular complexity index is 1360. The normalized spacial score (nSPS) is 19.3. The van der Waals surface area contributed by atoms with Crippen molar-refractivity contribution in [1.29, 1.82) is 0 Å². The van der Waals surface area contributed by atoms with Crippen molar-refractivity contribution in [2.24, 2.45) is 5.92 Å². The number of methoxy groups -OCH3 is 1. The third kappa shape index (κ3) is 3.69. The van der Waals surface area contributed by atoms with E-state index in [2.05, 4.69) is 27.0 Å². The molecular weight excluding hydrogens is 439 g/mol. The van der Waals surface area contributed by atoms with Gasteiger partial charge in [0.2, 0.25) is 5.95 Å². The third-order valence-electron chi connectivity index (χ3n) is 6.55. The lowest BCUT2D eigenvalue weighted by Crippen LogP contribution is -2.39. The number of piperidine rings is 1. The van der Waals surface area contributed by atoms with E-state index in [1.54, 1.807) is 4.68 Å². The molecular formula is C23H29FN8O2. The number of hydrogen-bond donors (Lipinski definition) is 2. The fourth-order valence-corrected chi connectivity index (χ4v) is 4.61. The van der Waals surface area contributed by atoms with Crippen LogP contribution in [0.15, 0.2) is 24.5 Å². The van der Waals surface area contributed by atoms with Crippen molar-refractivity contribution in [3.63, 3.8) is 0 Å². The second-order valence-corrected chi connectivity index (χ2v) is 9.74. The lowest BCUT2D eigenvalue weighted by Gasteiger charge is -2.36. The summed E-state index contributed by atoms with van der Waals surface area (Å²) in [5.74, 6) is 0.891. The highest BCUT2D eigenvalue weighted by Gasteiger charge is 2.31. The van der Waals surface area contributed by atoms with Crippen molar-refractivity contribution in [1.82, 2.24) is 29.4 Å². The fraction of sp³-hybridized carbons (Fsp3) is 0.478. The molecule has 0 saturated carbocycles. The van der Waals surface area contributed by atoms with Crippen molar-refractivity contribution in [3.05, 3.63) is 36.2 Å². The second-order valence-electron chi connectivity index (χ2n) is 9.74. The number of aliphatic hydroxyl groups is 1. The van der Waals surface area contributed by atoms with Gasteiger partial charge in [0.1, 0.15) is 0 Å². The van der Waals surface area contributed by atoms with E-state index in [0.717, 1.165) is 18.7 Å². The standard InChI is InChI=1S/C23H29FN8O2/c1-13-5-14(10-30(9-13)15-8-26-31(11-15)23(2,3)12-33)20-28-21-16-6-17(24)19(34-4)7-18(16)27-22(25)32(21)29-20/h6-8,11,13-14,33H,5,9-10,12H2,1-4H3,(H2,25,27). The summed E-state index contributed by atoms with van der Waals surface area (Å²) >= 11 is 0. The third-order valence-corrected chi connectivity index (χ3v) is 6.55. The first-order chi connectivity index (χ1) is 16.2. The minimum atomic E-state index is -0.492. The van der Waals surface area contributed by atoms with Gasteiger partial charge in [-0.25, -0.2) is 14.4 Å². The predicted molar refractivity (Wildman–Crippen MR) is 127 cm³/mol. The van der Waals surface area contributed by atoms with Crippen LogP contribution in [0.5, 0.6) is 5.75 Å². The van der Waals surface area contributed by atoms with Gasteiger partial charge in [0.15, 0.2) is 23.0 Å². The first-order valence-corrected chi connectivity index (χ1v) is 11.3. The maximum Gasteiger partial charge on any atom is 0.223 e. The molecule has 4 heterocycles. The van der Waals surface area contributed by atoms with Gasteiger partial charge >= 0.3 is 0 Å². The lowest BCUT2D eigenvalue weighted by molar-refractivity contribution is 0.152. The molecule has 1 aliphatic heterocycles. The molecule has 1 saturated heterocycles. The fourth-order valence-electron chi connectivity index (χ4n) is 4.61. The zero-order chi connectivity index (χ0) is 24.2. The summed E-state index contributed by atoms with van der Waals surface area (Å²) in [6.45, 7) is 7.66. The lowest BCUT2D eigenvalue weighted by atomic mass is 9.89. The van der Waals surface area contributed by atoms with Crippen molar-refractivity contribution in [2.45, 2.75) is 38.6 Å². The van der Waals surface area contributed by atoms with Crippen molar-refractivity contribution < 1.29 is 14.2 Å². The minimum Gasteiger partial charge on any atom is -0.494 e. The molecule has 2 unspecified atom stereocenters. The Hall–Kier alpha value is -3.47. The highest BCUT2D eigenvalue weighted by Crippen LogP contribution is 2.34. The molecule has 5 rings (SSSR count). The van der Waals surface area contributed by atoms with Crippen LogP contribution in [0.3, 0.4) is 0 Å². The van der Waals surface area contributed by atoms with Crippen LogP contribution in [0.25, 0.3) is 16.6 Å². The van der Waals surface area contributed by atoms with Gasteiger partial charge in [-0.2, -0.15) is 9.61 Å². The van der Waals surface area contributed by atoms with Crippen LogP contribution in [-0.2, 0) is 5.54 Å². The van der Waals surface area contributed by atoms with Crippen LogP contribution in [-0.4, -0.2) is 61.3 Å². The van der Waals surface area contributed by atoms with E-state index < -0.39 is 11.4 Å². The number of nitrogens with two attached hydrogens (primary N) is 1. The van der Waals surface area contributed by atoms with E-state index in [-0.39, 0.29) is 24.2 Å². The molecule has 0 radical (unpaired) electrons.